The Hall–Kier alpha value is -2.68. The van der Waals surface area contributed by atoms with E-state index in [1.165, 1.54) is 0 Å². The molecule has 0 saturated carbocycles. The van der Waals surface area contributed by atoms with Gasteiger partial charge in [0.25, 0.3) is 0 Å². The van der Waals surface area contributed by atoms with Crippen molar-refractivity contribution < 1.29 is 38.0 Å². The van der Waals surface area contributed by atoms with Gasteiger partial charge in [-0.2, -0.15) is 0 Å². The van der Waals surface area contributed by atoms with Crippen LogP contribution in [-0.4, -0.2) is 62.6 Å². The second kappa shape index (κ2) is 9.50. The summed E-state index contributed by atoms with van der Waals surface area (Å²) in [5.41, 5.74) is 1.02. The molecule has 2 aliphatic rings. The van der Waals surface area contributed by atoms with Crippen LogP contribution < -0.4 is 9.47 Å². The van der Waals surface area contributed by atoms with Gasteiger partial charge in [-0.3, -0.25) is 0 Å². The van der Waals surface area contributed by atoms with Crippen molar-refractivity contribution in [3.63, 3.8) is 0 Å². The van der Waals surface area contributed by atoms with Gasteiger partial charge in [-0.05, 0) is 38.0 Å². The summed E-state index contributed by atoms with van der Waals surface area (Å²) in [6.45, 7) is 4.86. The Kier molecular flexibility index (Phi) is 6.80. The van der Waals surface area contributed by atoms with Crippen LogP contribution in [0.2, 0.25) is 0 Å². The fraction of sp³-hybridized carbons (Fsp3) is 0.579. The molecular formula is C19H25NO8. The van der Waals surface area contributed by atoms with Crippen LogP contribution in [0.15, 0.2) is 18.2 Å². The van der Waals surface area contributed by atoms with Gasteiger partial charge >= 0.3 is 12.2 Å². The number of ether oxygens (including phenoxy) is 6. The topological polar surface area (TPSA) is 92.8 Å². The molecule has 0 spiro atoms. The molecule has 0 aromatic heterocycles. The molecule has 0 bridgehead atoms. The predicted molar refractivity (Wildman–Crippen MR) is 96.2 cm³/mol. The van der Waals surface area contributed by atoms with Crippen LogP contribution in [0.5, 0.6) is 11.5 Å². The molecule has 0 aliphatic carbocycles. The van der Waals surface area contributed by atoms with Crippen molar-refractivity contribution in [1.82, 2.24) is 4.90 Å². The highest BCUT2D eigenvalue weighted by molar-refractivity contribution is 5.68. The molecule has 154 valence electrons. The number of hydrogen-bond donors (Lipinski definition) is 0. The monoisotopic (exact) mass is 395 g/mol. The van der Waals surface area contributed by atoms with Gasteiger partial charge in [0.15, 0.2) is 11.5 Å². The standard InChI is InChI=1S/C19H25NO8/c1-3-20(13(2)8-14-4-5-16-17(9-14)25-11-24-16)18(21)26-12-27-19(22)28-15-6-7-23-10-15/h4-5,9,13,15H,3,6-8,10-12H2,1-2H3. The first-order chi connectivity index (χ1) is 13.6. The molecule has 0 radical (unpaired) electrons. The van der Waals surface area contributed by atoms with E-state index in [1.807, 2.05) is 32.0 Å². The molecule has 2 heterocycles. The number of carbonyl (C=O) groups is 2. The van der Waals surface area contributed by atoms with Crippen LogP contribution in [0.4, 0.5) is 9.59 Å². The second-order valence-electron chi connectivity index (χ2n) is 6.55. The smallest absolute Gasteiger partial charge is 0.454 e. The first kappa shape index (κ1) is 20.1. The largest absolute Gasteiger partial charge is 0.511 e. The predicted octanol–water partition coefficient (Wildman–Crippen LogP) is 2.70. The zero-order chi connectivity index (χ0) is 19.9. The van der Waals surface area contributed by atoms with Gasteiger partial charge < -0.3 is 33.3 Å². The third-order valence-corrected chi connectivity index (χ3v) is 4.59. The average Bonchev–Trinajstić information content (AvgIpc) is 3.33. The van der Waals surface area contributed by atoms with Gasteiger partial charge in [0.05, 0.1) is 13.2 Å². The van der Waals surface area contributed by atoms with Crippen molar-refractivity contribution in [3.05, 3.63) is 23.8 Å². The molecular weight excluding hydrogens is 370 g/mol. The van der Waals surface area contributed by atoms with Crippen LogP contribution in [0, 0.1) is 0 Å². The summed E-state index contributed by atoms with van der Waals surface area (Å²) < 4.78 is 30.7. The van der Waals surface area contributed by atoms with Gasteiger partial charge in [0.2, 0.25) is 13.6 Å². The van der Waals surface area contributed by atoms with Crippen molar-refractivity contribution in [2.45, 2.75) is 38.8 Å². The van der Waals surface area contributed by atoms with Crippen LogP contribution in [0.1, 0.15) is 25.8 Å². The van der Waals surface area contributed by atoms with Gasteiger partial charge in [0.1, 0.15) is 6.10 Å². The molecule has 9 heteroatoms. The maximum atomic E-state index is 12.3. The Morgan fingerprint density at radius 2 is 2.07 bits per heavy atom. The lowest BCUT2D eigenvalue weighted by Crippen LogP contribution is -2.40. The minimum absolute atomic E-state index is 0.125. The molecule has 1 aromatic carbocycles. The Morgan fingerprint density at radius 3 is 2.82 bits per heavy atom. The Balaban J connectivity index is 1.43. The van der Waals surface area contributed by atoms with E-state index in [4.69, 9.17) is 28.4 Å². The van der Waals surface area contributed by atoms with Gasteiger partial charge in [-0.25, -0.2) is 9.59 Å². The molecule has 1 amide bonds. The first-order valence-electron chi connectivity index (χ1n) is 9.30. The fourth-order valence-electron chi connectivity index (χ4n) is 3.13. The van der Waals surface area contributed by atoms with E-state index in [-0.39, 0.29) is 18.9 Å². The van der Waals surface area contributed by atoms with Crippen LogP contribution in [-0.2, 0) is 25.4 Å². The third kappa shape index (κ3) is 5.19. The van der Waals surface area contributed by atoms with E-state index in [1.54, 1.807) is 4.90 Å². The summed E-state index contributed by atoms with van der Waals surface area (Å²) in [5.74, 6) is 1.42. The van der Waals surface area contributed by atoms with Crippen LogP contribution in [0.3, 0.4) is 0 Å². The SMILES string of the molecule is CCN(C(=O)OCOC(=O)OC1CCOC1)C(C)Cc1ccc2c(c1)OCO2. The minimum atomic E-state index is -0.875. The number of rotatable bonds is 7. The maximum absolute atomic E-state index is 12.3. The van der Waals surface area contributed by atoms with E-state index in [0.29, 0.717) is 38.3 Å². The number of hydrogen-bond acceptors (Lipinski definition) is 8. The fourth-order valence-corrected chi connectivity index (χ4v) is 3.13. The summed E-state index contributed by atoms with van der Waals surface area (Å²) in [6, 6.07) is 5.58. The Morgan fingerprint density at radius 1 is 1.25 bits per heavy atom. The molecule has 2 atom stereocenters. The summed E-state index contributed by atoms with van der Waals surface area (Å²) in [7, 11) is 0. The van der Waals surface area contributed by atoms with E-state index < -0.39 is 19.0 Å². The quantitative estimate of drug-likeness (QED) is 0.514. The molecule has 9 nitrogen and oxygen atoms in total. The molecule has 2 unspecified atom stereocenters. The number of fused-ring (bicyclic) bond motifs is 1. The molecule has 3 rings (SSSR count). The average molecular weight is 395 g/mol. The molecule has 1 fully saturated rings. The highest BCUT2D eigenvalue weighted by Crippen LogP contribution is 2.33. The van der Waals surface area contributed by atoms with Crippen molar-refractivity contribution in [2.75, 3.05) is 33.3 Å². The Labute approximate surface area is 163 Å². The van der Waals surface area contributed by atoms with Gasteiger partial charge in [-0.1, -0.05) is 6.07 Å². The summed E-state index contributed by atoms with van der Waals surface area (Å²) in [5, 5.41) is 0. The van der Waals surface area contributed by atoms with E-state index >= 15 is 0 Å². The van der Waals surface area contributed by atoms with Crippen molar-refractivity contribution >= 4 is 12.2 Å². The van der Waals surface area contributed by atoms with E-state index in [9.17, 15) is 9.59 Å². The van der Waals surface area contributed by atoms with Crippen LogP contribution >= 0.6 is 0 Å². The number of benzene rings is 1. The molecule has 2 aliphatic heterocycles. The summed E-state index contributed by atoms with van der Waals surface area (Å²) >= 11 is 0. The lowest BCUT2D eigenvalue weighted by molar-refractivity contribution is -0.0392. The van der Waals surface area contributed by atoms with E-state index in [0.717, 1.165) is 11.3 Å². The summed E-state index contributed by atoms with van der Waals surface area (Å²) in [4.78, 5) is 25.4. The van der Waals surface area contributed by atoms with Crippen molar-refractivity contribution in [1.29, 1.82) is 0 Å². The zero-order valence-electron chi connectivity index (χ0n) is 16.0. The number of amides is 1. The normalized spacial score (nSPS) is 18.4. The number of nitrogens with zero attached hydrogens (tertiary/aromatic N) is 1. The van der Waals surface area contributed by atoms with E-state index in [2.05, 4.69) is 0 Å². The third-order valence-electron chi connectivity index (χ3n) is 4.59. The lowest BCUT2D eigenvalue weighted by atomic mass is 10.1. The second-order valence-corrected chi connectivity index (χ2v) is 6.55. The molecule has 1 saturated heterocycles. The molecule has 0 N–H and O–H groups in total. The van der Waals surface area contributed by atoms with Gasteiger partial charge in [-0.15, -0.1) is 0 Å². The molecule has 28 heavy (non-hydrogen) atoms. The van der Waals surface area contributed by atoms with Crippen molar-refractivity contribution in [3.8, 4) is 11.5 Å². The lowest BCUT2D eigenvalue weighted by Gasteiger charge is -2.27. The summed E-state index contributed by atoms with van der Waals surface area (Å²) in [6.07, 6.45) is -0.496. The number of carbonyl (C=O) groups excluding carboxylic acids is 2. The first-order valence-corrected chi connectivity index (χ1v) is 9.30. The maximum Gasteiger partial charge on any atom is 0.511 e. The molecule has 1 aromatic rings. The number of likely N-dealkylation sites (N-methyl/N-ethyl adjacent to an activating group) is 1. The zero-order valence-corrected chi connectivity index (χ0v) is 16.0. The minimum Gasteiger partial charge on any atom is -0.454 e. The van der Waals surface area contributed by atoms with Crippen molar-refractivity contribution in [2.24, 2.45) is 0 Å². The van der Waals surface area contributed by atoms with Crippen LogP contribution in [0.25, 0.3) is 0 Å². The van der Waals surface area contributed by atoms with Gasteiger partial charge in [0, 0.05) is 19.0 Å². The Bertz CT molecular complexity index is 689. The highest BCUT2D eigenvalue weighted by Gasteiger charge is 2.23. The highest BCUT2D eigenvalue weighted by atomic mass is 16.8.